The zero-order valence-electron chi connectivity index (χ0n) is 10.7. The van der Waals surface area contributed by atoms with E-state index in [0.29, 0.717) is 17.5 Å². The van der Waals surface area contributed by atoms with Crippen LogP contribution < -0.4 is 5.32 Å². The van der Waals surface area contributed by atoms with E-state index < -0.39 is 0 Å². The Morgan fingerprint density at radius 2 is 2.00 bits per heavy atom. The Bertz CT molecular complexity index is 472. The van der Waals surface area contributed by atoms with Crippen molar-refractivity contribution in [2.45, 2.75) is 19.9 Å². The third kappa shape index (κ3) is 4.24. The van der Waals surface area contributed by atoms with Crippen LogP contribution in [0.4, 0.5) is 0 Å². The smallest absolute Gasteiger partial charge is 0.309 e. The van der Waals surface area contributed by atoms with E-state index in [1.165, 1.54) is 0 Å². The lowest BCUT2D eigenvalue weighted by Crippen LogP contribution is -2.28. The zero-order chi connectivity index (χ0) is 13.8. The molecule has 1 aromatic carbocycles. The highest BCUT2D eigenvalue weighted by Crippen LogP contribution is 2.38. The number of benzene rings is 1. The number of halogens is 1. The van der Waals surface area contributed by atoms with Gasteiger partial charge in [0.15, 0.2) is 6.61 Å². The van der Waals surface area contributed by atoms with Crippen LogP contribution >= 0.6 is 11.6 Å². The standard InChI is InChI=1S/C14H16ClNO3/c1-9-6-12(9)14(18)19-8-13(17)16-7-10-2-4-11(15)5-3-10/h2-5,9,12H,6-8H2,1H3,(H,16,17)/t9-,12-/m0/s1. The van der Waals surface area contributed by atoms with Gasteiger partial charge in [0.2, 0.25) is 0 Å². The molecular formula is C14H16ClNO3. The molecule has 1 aliphatic rings. The first-order valence-electron chi connectivity index (χ1n) is 6.24. The zero-order valence-corrected chi connectivity index (χ0v) is 11.4. The maximum Gasteiger partial charge on any atom is 0.309 e. The van der Waals surface area contributed by atoms with Crippen molar-refractivity contribution in [2.24, 2.45) is 11.8 Å². The number of hydrogen-bond acceptors (Lipinski definition) is 3. The molecule has 1 N–H and O–H groups in total. The normalized spacial score (nSPS) is 20.7. The van der Waals surface area contributed by atoms with Crippen LogP contribution in [0.1, 0.15) is 18.9 Å². The number of hydrogen-bond donors (Lipinski definition) is 1. The van der Waals surface area contributed by atoms with E-state index in [-0.39, 0.29) is 24.4 Å². The maximum absolute atomic E-state index is 11.5. The summed E-state index contributed by atoms with van der Waals surface area (Å²) in [6, 6.07) is 7.19. The minimum atomic E-state index is -0.295. The summed E-state index contributed by atoms with van der Waals surface area (Å²) >= 11 is 5.76. The average molecular weight is 282 g/mol. The highest BCUT2D eigenvalue weighted by molar-refractivity contribution is 6.30. The number of esters is 1. The Kier molecular flexibility index (Phi) is 4.43. The third-order valence-corrected chi connectivity index (χ3v) is 3.41. The second kappa shape index (κ2) is 6.06. The average Bonchev–Trinajstić information content (AvgIpc) is 3.12. The first-order valence-corrected chi connectivity index (χ1v) is 6.62. The summed E-state index contributed by atoms with van der Waals surface area (Å²) in [4.78, 5) is 22.9. The molecule has 2 rings (SSSR count). The van der Waals surface area contributed by atoms with Gasteiger partial charge in [-0.1, -0.05) is 30.7 Å². The highest BCUT2D eigenvalue weighted by Gasteiger charge is 2.40. The largest absolute Gasteiger partial charge is 0.455 e. The lowest BCUT2D eigenvalue weighted by atomic mass is 10.2. The fraction of sp³-hybridized carbons (Fsp3) is 0.429. The van der Waals surface area contributed by atoms with E-state index in [1.807, 2.05) is 19.1 Å². The fourth-order valence-electron chi connectivity index (χ4n) is 1.75. The summed E-state index contributed by atoms with van der Waals surface area (Å²) < 4.78 is 4.93. The van der Waals surface area contributed by atoms with E-state index in [2.05, 4.69) is 5.32 Å². The molecule has 0 heterocycles. The quantitative estimate of drug-likeness (QED) is 0.842. The second-order valence-corrected chi connectivity index (χ2v) is 5.27. The summed E-state index contributed by atoms with van der Waals surface area (Å²) in [5.41, 5.74) is 0.944. The van der Waals surface area contributed by atoms with Gasteiger partial charge in [-0.15, -0.1) is 0 Å². The highest BCUT2D eigenvalue weighted by atomic mass is 35.5. The van der Waals surface area contributed by atoms with Crippen LogP contribution in [-0.4, -0.2) is 18.5 Å². The summed E-state index contributed by atoms with van der Waals surface area (Å²) in [5, 5.41) is 3.34. The molecule has 1 saturated carbocycles. The number of amides is 1. The first-order chi connectivity index (χ1) is 9.06. The van der Waals surface area contributed by atoms with Crippen LogP contribution in [0, 0.1) is 11.8 Å². The van der Waals surface area contributed by atoms with Gasteiger partial charge in [0.25, 0.3) is 5.91 Å². The predicted octanol–water partition coefficient (Wildman–Crippen LogP) is 2.16. The Labute approximate surface area is 117 Å². The van der Waals surface area contributed by atoms with Crippen molar-refractivity contribution < 1.29 is 14.3 Å². The molecule has 1 aliphatic carbocycles. The van der Waals surface area contributed by atoms with Crippen LogP contribution in [0.25, 0.3) is 0 Å². The molecule has 0 saturated heterocycles. The van der Waals surface area contributed by atoms with E-state index in [0.717, 1.165) is 12.0 Å². The number of nitrogens with one attached hydrogen (secondary N) is 1. The SMILES string of the molecule is C[C@H]1C[C@@H]1C(=O)OCC(=O)NCc1ccc(Cl)cc1. The van der Waals surface area contributed by atoms with E-state index in [9.17, 15) is 9.59 Å². The molecule has 0 spiro atoms. The topological polar surface area (TPSA) is 55.4 Å². The van der Waals surface area contributed by atoms with E-state index in [1.54, 1.807) is 12.1 Å². The minimum absolute atomic E-state index is 0.0101. The molecule has 1 aromatic rings. The maximum atomic E-state index is 11.5. The summed E-state index contributed by atoms with van der Waals surface area (Å²) in [6.45, 7) is 2.18. The number of carbonyl (C=O) groups is 2. The molecule has 0 unspecified atom stereocenters. The monoisotopic (exact) mass is 281 g/mol. The van der Waals surface area contributed by atoms with Crippen molar-refractivity contribution in [1.82, 2.24) is 5.32 Å². The Hall–Kier alpha value is -1.55. The lowest BCUT2D eigenvalue weighted by Gasteiger charge is -2.06. The van der Waals surface area contributed by atoms with Crippen LogP contribution in [0.15, 0.2) is 24.3 Å². The second-order valence-electron chi connectivity index (χ2n) is 4.83. The van der Waals surface area contributed by atoms with Gasteiger partial charge in [0.05, 0.1) is 5.92 Å². The summed E-state index contributed by atoms with van der Waals surface area (Å²) in [7, 11) is 0. The van der Waals surface area contributed by atoms with E-state index >= 15 is 0 Å². The Balaban J connectivity index is 1.67. The fourth-order valence-corrected chi connectivity index (χ4v) is 1.87. The lowest BCUT2D eigenvalue weighted by molar-refractivity contribution is -0.150. The molecule has 102 valence electrons. The van der Waals surface area contributed by atoms with Crippen molar-refractivity contribution in [2.75, 3.05) is 6.61 Å². The van der Waals surface area contributed by atoms with Crippen molar-refractivity contribution in [3.05, 3.63) is 34.9 Å². The van der Waals surface area contributed by atoms with Gasteiger partial charge in [0, 0.05) is 11.6 Å². The predicted molar refractivity (Wildman–Crippen MR) is 71.5 cm³/mol. The van der Waals surface area contributed by atoms with Crippen molar-refractivity contribution >= 4 is 23.5 Å². The van der Waals surface area contributed by atoms with Crippen LogP contribution in [0.3, 0.4) is 0 Å². The molecule has 19 heavy (non-hydrogen) atoms. The molecule has 0 aromatic heterocycles. The molecule has 5 heteroatoms. The van der Waals surface area contributed by atoms with Crippen molar-refractivity contribution in [1.29, 1.82) is 0 Å². The van der Waals surface area contributed by atoms with Gasteiger partial charge in [-0.2, -0.15) is 0 Å². The molecule has 4 nitrogen and oxygen atoms in total. The van der Waals surface area contributed by atoms with Gasteiger partial charge in [-0.05, 0) is 30.0 Å². The molecule has 0 aliphatic heterocycles. The van der Waals surface area contributed by atoms with Gasteiger partial charge >= 0.3 is 5.97 Å². The third-order valence-electron chi connectivity index (χ3n) is 3.16. The van der Waals surface area contributed by atoms with Gasteiger partial charge in [0.1, 0.15) is 0 Å². The van der Waals surface area contributed by atoms with Crippen LogP contribution in [0.2, 0.25) is 5.02 Å². The summed E-state index contributed by atoms with van der Waals surface area (Å²) in [5.74, 6) is -0.181. The molecule has 0 radical (unpaired) electrons. The van der Waals surface area contributed by atoms with Crippen molar-refractivity contribution in [3.8, 4) is 0 Å². The Morgan fingerprint density at radius 3 is 2.58 bits per heavy atom. The van der Waals surface area contributed by atoms with Crippen molar-refractivity contribution in [3.63, 3.8) is 0 Å². The molecular weight excluding hydrogens is 266 g/mol. The van der Waals surface area contributed by atoms with Gasteiger partial charge in [-0.3, -0.25) is 9.59 Å². The number of carbonyl (C=O) groups excluding carboxylic acids is 2. The molecule has 1 fully saturated rings. The number of ether oxygens (including phenoxy) is 1. The molecule has 0 bridgehead atoms. The van der Waals surface area contributed by atoms with Gasteiger partial charge < -0.3 is 10.1 Å². The minimum Gasteiger partial charge on any atom is -0.455 e. The first kappa shape index (κ1) is 13.9. The molecule has 1 amide bonds. The summed E-state index contributed by atoms with van der Waals surface area (Å²) in [6.07, 6.45) is 0.866. The Morgan fingerprint density at radius 1 is 1.37 bits per heavy atom. The van der Waals surface area contributed by atoms with Crippen LogP contribution in [-0.2, 0) is 20.9 Å². The van der Waals surface area contributed by atoms with E-state index in [4.69, 9.17) is 16.3 Å². The van der Waals surface area contributed by atoms with Gasteiger partial charge in [-0.25, -0.2) is 0 Å². The molecule has 2 atom stereocenters. The van der Waals surface area contributed by atoms with Crippen LogP contribution in [0.5, 0.6) is 0 Å². The number of rotatable bonds is 5.